The van der Waals surface area contributed by atoms with Crippen LogP contribution in [0.3, 0.4) is 0 Å². The van der Waals surface area contributed by atoms with Crippen molar-refractivity contribution in [2.24, 2.45) is 5.10 Å². The Hall–Kier alpha value is -3.88. The minimum absolute atomic E-state index is 0.000336. The molecule has 0 atom stereocenters. The van der Waals surface area contributed by atoms with Crippen LogP contribution in [0.25, 0.3) is 0 Å². The largest absolute Gasteiger partial charge is 0.493 e. The third-order valence-electron chi connectivity index (χ3n) is 3.90. The Bertz CT molecular complexity index is 954. The molecule has 0 unspecified atom stereocenters. The number of rotatable bonds is 8. The van der Waals surface area contributed by atoms with Gasteiger partial charge in [-0.15, -0.1) is 0 Å². The summed E-state index contributed by atoms with van der Waals surface area (Å²) < 4.78 is 10.3. The normalized spacial score (nSPS) is 10.7. The lowest BCUT2D eigenvalue weighted by Crippen LogP contribution is -2.21. The lowest BCUT2D eigenvalue weighted by atomic mass is 10.2. The SMILES string of the molecule is COc1ccc(C(=O)NN=C(C)CC(=O)Nc2ccc(NC(C)=O)cc2)cc1OC. The molecule has 3 amide bonds. The van der Waals surface area contributed by atoms with Crippen molar-refractivity contribution in [1.82, 2.24) is 5.43 Å². The van der Waals surface area contributed by atoms with Gasteiger partial charge in [0.15, 0.2) is 11.5 Å². The van der Waals surface area contributed by atoms with Gasteiger partial charge in [0, 0.05) is 29.6 Å². The summed E-state index contributed by atoms with van der Waals surface area (Å²) >= 11 is 0. The highest BCUT2D eigenvalue weighted by Gasteiger charge is 2.11. The first-order valence-corrected chi connectivity index (χ1v) is 9.05. The van der Waals surface area contributed by atoms with Crippen LogP contribution in [0.1, 0.15) is 30.6 Å². The molecule has 0 saturated heterocycles. The molecule has 2 rings (SSSR count). The Balaban J connectivity index is 1.90. The quantitative estimate of drug-likeness (QED) is 0.455. The van der Waals surface area contributed by atoms with Gasteiger partial charge in [-0.1, -0.05) is 0 Å². The van der Waals surface area contributed by atoms with E-state index in [4.69, 9.17) is 9.47 Å². The molecule has 0 bridgehead atoms. The van der Waals surface area contributed by atoms with Crippen LogP contribution in [0.2, 0.25) is 0 Å². The van der Waals surface area contributed by atoms with Crippen LogP contribution in [0.4, 0.5) is 11.4 Å². The molecule has 158 valence electrons. The number of nitrogens with zero attached hydrogens (tertiary/aromatic N) is 1. The van der Waals surface area contributed by atoms with E-state index in [0.717, 1.165) is 0 Å². The maximum Gasteiger partial charge on any atom is 0.271 e. The molecular weight excluding hydrogens is 388 g/mol. The average Bonchev–Trinajstić information content (AvgIpc) is 2.72. The molecule has 0 aromatic heterocycles. The van der Waals surface area contributed by atoms with Crippen molar-refractivity contribution >= 4 is 34.8 Å². The van der Waals surface area contributed by atoms with E-state index in [1.165, 1.54) is 27.2 Å². The maximum atomic E-state index is 12.3. The van der Waals surface area contributed by atoms with Crippen molar-refractivity contribution in [1.29, 1.82) is 0 Å². The van der Waals surface area contributed by atoms with E-state index in [1.54, 1.807) is 43.3 Å². The Labute approximate surface area is 174 Å². The molecule has 0 aliphatic heterocycles. The highest BCUT2D eigenvalue weighted by Crippen LogP contribution is 2.27. The van der Waals surface area contributed by atoms with Gasteiger partial charge < -0.3 is 20.1 Å². The van der Waals surface area contributed by atoms with Crippen LogP contribution >= 0.6 is 0 Å². The minimum Gasteiger partial charge on any atom is -0.493 e. The fourth-order valence-corrected chi connectivity index (χ4v) is 2.51. The molecule has 2 aromatic rings. The Morgan fingerprint density at radius 3 is 2.03 bits per heavy atom. The van der Waals surface area contributed by atoms with E-state index >= 15 is 0 Å². The van der Waals surface area contributed by atoms with Gasteiger partial charge in [-0.25, -0.2) is 5.43 Å². The Morgan fingerprint density at radius 1 is 0.867 bits per heavy atom. The van der Waals surface area contributed by atoms with Gasteiger partial charge in [0.2, 0.25) is 11.8 Å². The third kappa shape index (κ3) is 6.62. The van der Waals surface area contributed by atoms with E-state index in [0.29, 0.717) is 34.1 Å². The first kappa shape index (κ1) is 22.4. The Morgan fingerprint density at radius 2 is 1.47 bits per heavy atom. The third-order valence-corrected chi connectivity index (χ3v) is 3.90. The predicted octanol–water partition coefficient (Wildman–Crippen LogP) is 2.80. The molecule has 9 nitrogen and oxygen atoms in total. The number of hydrogen-bond donors (Lipinski definition) is 3. The number of hydrazone groups is 1. The van der Waals surface area contributed by atoms with Crippen molar-refractivity contribution in [2.75, 3.05) is 24.9 Å². The fourth-order valence-electron chi connectivity index (χ4n) is 2.51. The van der Waals surface area contributed by atoms with Crippen LogP contribution in [0.5, 0.6) is 11.5 Å². The van der Waals surface area contributed by atoms with E-state index in [2.05, 4.69) is 21.2 Å². The lowest BCUT2D eigenvalue weighted by molar-refractivity contribution is -0.115. The first-order chi connectivity index (χ1) is 14.3. The number of benzene rings is 2. The van der Waals surface area contributed by atoms with Crippen LogP contribution in [-0.2, 0) is 9.59 Å². The van der Waals surface area contributed by atoms with Gasteiger partial charge in [0.25, 0.3) is 5.91 Å². The summed E-state index contributed by atoms with van der Waals surface area (Å²) in [4.78, 5) is 35.4. The van der Waals surface area contributed by atoms with Crippen LogP contribution < -0.4 is 25.5 Å². The summed E-state index contributed by atoms with van der Waals surface area (Å²) in [6.45, 7) is 3.05. The zero-order valence-electron chi connectivity index (χ0n) is 17.2. The maximum absolute atomic E-state index is 12.3. The topological polar surface area (TPSA) is 118 Å². The van der Waals surface area contributed by atoms with E-state index < -0.39 is 5.91 Å². The van der Waals surface area contributed by atoms with Gasteiger partial charge >= 0.3 is 0 Å². The number of methoxy groups -OCH3 is 2. The molecule has 0 aliphatic rings. The van der Waals surface area contributed by atoms with Crippen molar-refractivity contribution in [2.45, 2.75) is 20.3 Å². The molecular formula is C21H24N4O5. The summed E-state index contributed by atoms with van der Waals surface area (Å²) in [7, 11) is 2.99. The number of anilines is 2. The van der Waals surface area contributed by atoms with Gasteiger partial charge in [-0.05, 0) is 49.4 Å². The Kier molecular flexibility index (Phi) is 7.92. The van der Waals surface area contributed by atoms with E-state index in [9.17, 15) is 14.4 Å². The molecule has 9 heteroatoms. The molecule has 0 radical (unpaired) electrons. The van der Waals surface area contributed by atoms with Crippen LogP contribution in [0, 0.1) is 0 Å². The molecule has 2 aromatic carbocycles. The fraction of sp³-hybridized carbons (Fsp3) is 0.238. The summed E-state index contributed by atoms with van der Waals surface area (Å²) in [6.07, 6.45) is -0.000336. The molecule has 30 heavy (non-hydrogen) atoms. The number of amides is 3. The molecule has 0 saturated carbocycles. The molecule has 0 spiro atoms. The zero-order valence-corrected chi connectivity index (χ0v) is 17.2. The van der Waals surface area contributed by atoms with E-state index in [-0.39, 0.29) is 18.2 Å². The van der Waals surface area contributed by atoms with E-state index in [1.807, 2.05) is 0 Å². The van der Waals surface area contributed by atoms with Crippen molar-refractivity contribution in [3.05, 3.63) is 48.0 Å². The summed E-state index contributed by atoms with van der Waals surface area (Å²) in [5, 5.41) is 9.33. The number of nitrogens with one attached hydrogen (secondary N) is 3. The van der Waals surface area contributed by atoms with Crippen LogP contribution in [0.15, 0.2) is 47.6 Å². The minimum atomic E-state index is -0.440. The highest BCUT2D eigenvalue weighted by atomic mass is 16.5. The van der Waals surface area contributed by atoms with Crippen molar-refractivity contribution in [3.63, 3.8) is 0 Å². The second-order valence-electron chi connectivity index (χ2n) is 6.34. The summed E-state index contributed by atoms with van der Waals surface area (Å²) in [5.41, 5.74) is 4.40. The number of carbonyl (C=O) groups excluding carboxylic acids is 3. The second-order valence-corrected chi connectivity index (χ2v) is 6.34. The number of carbonyl (C=O) groups is 3. The molecule has 3 N–H and O–H groups in total. The molecule has 0 heterocycles. The monoisotopic (exact) mass is 412 g/mol. The molecule has 0 fully saturated rings. The van der Waals surface area contributed by atoms with Gasteiger partial charge in [0.05, 0.1) is 20.6 Å². The number of ether oxygens (including phenoxy) is 2. The van der Waals surface area contributed by atoms with Crippen molar-refractivity contribution < 1.29 is 23.9 Å². The van der Waals surface area contributed by atoms with Gasteiger partial charge in [-0.2, -0.15) is 5.10 Å². The van der Waals surface area contributed by atoms with Crippen molar-refractivity contribution in [3.8, 4) is 11.5 Å². The standard InChI is InChI=1S/C21H24N4O5/c1-13(11-20(27)23-17-8-6-16(7-9-17)22-14(2)26)24-25-21(28)15-5-10-18(29-3)19(12-15)30-4/h5-10,12H,11H2,1-4H3,(H,22,26)(H,23,27)(H,25,28). The average molecular weight is 412 g/mol. The molecule has 0 aliphatic carbocycles. The zero-order chi connectivity index (χ0) is 22.1. The predicted molar refractivity (Wildman–Crippen MR) is 114 cm³/mol. The van der Waals surface area contributed by atoms with Crippen LogP contribution in [-0.4, -0.2) is 37.7 Å². The smallest absolute Gasteiger partial charge is 0.271 e. The number of hydrogen-bond acceptors (Lipinski definition) is 6. The highest BCUT2D eigenvalue weighted by molar-refractivity contribution is 6.06. The summed E-state index contributed by atoms with van der Waals surface area (Å²) in [6, 6.07) is 11.5. The summed E-state index contributed by atoms with van der Waals surface area (Å²) in [5.74, 6) is 0.0344. The van der Waals surface area contributed by atoms with Gasteiger partial charge in [0.1, 0.15) is 0 Å². The van der Waals surface area contributed by atoms with Gasteiger partial charge in [-0.3, -0.25) is 14.4 Å². The lowest BCUT2D eigenvalue weighted by Gasteiger charge is -2.09. The first-order valence-electron chi connectivity index (χ1n) is 9.05. The second kappa shape index (κ2) is 10.6.